The van der Waals surface area contributed by atoms with E-state index in [1.807, 2.05) is 37.3 Å². The van der Waals surface area contributed by atoms with E-state index in [1.54, 1.807) is 6.33 Å². The first-order chi connectivity index (χ1) is 13.2. The molecule has 1 aliphatic heterocycles. The molecule has 0 aliphatic carbocycles. The van der Waals surface area contributed by atoms with E-state index in [2.05, 4.69) is 51.0 Å². The molecule has 0 bridgehead atoms. The van der Waals surface area contributed by atoms with Gasteiger partial charge in [-0.15, -0.1) is 0 Å². The van der Waals surface area contributed by atoms with Crippen LogP contribution in [0.5, 0.6) is 11.6 Å². The minimum atomic E-state index is 0.576. The van der Waals surface area contributed by atoms with Gasteiger partial charge in [-0.25, -0.2) is 9.97 Å². The van der Waals surface area contributed by atoms with Crippen molar-refractivity contribution in [3.8, 4) is 11.6 Å². The minimum Gasteiger partial charge on any atom is -0.439 e. The van der Waals surface area contributed by atoms with Gasteiger partial charge in [0.1, 0.15) is 17.9 Å². The highest BCUT2D eigenvalue weighted by molar-refractivity contribution is 5.50. The Labute approximate surface area is 160 Å². The van der Waals surface area contributed by atoms with Crippen molar-refractivity contribution in [2.45, 2.75) is 13.8 Å². The third-order valence-electron chi connectivity index (χ3n) is 4.84. The van der Waals surface area contributed by atoms with Gasteiger partial charge < -0.3 is 14.5 Å². The standard InChI is InChI=1S/C22H24N4O/c1-17-6-8-19(9-7-17)25-10-12-26(13-11-25)21-15-22(24-16-23-21)27-20-5-3-4-18(2)14-20/h3-9,14-16H,10-13H2,1-2H3. The van der Waals surface area contributed by atoms with Crippen molar-refractivity contribution in [3.05, 3.63) is 72.1 Å². The molecule has 0 atom stereocenters. The second-order valence-corrected chi connectivity index (χ2v) is 6.94. The summed E-state index contributed by atoms with van der Waals surface area (Å²) in [6.07, 6.45) is 1.58. The molecular formula is C22H24N4O. The van der Waals surface area contributed by atoms with Crippen LogP contribution in [0.15, 0.2) is 60.9 Å². The maximum absolute atomic E-state index is 5.90. The topological polar surface area (TPSA) is 41.5 Å². The van der Waals surface area contributed by atoms with Crippen molar-refractivity contribution in [1.29, 1.82) is 0 Å². The van der Waals surface area contributed by atoms with Crippen LogP contribution in [-0.2, 0) is 0 Å². The highest BCUT2D eigenvalue weighted by Crippen LogP contribution is 2.24. The number of benzene rings is 2. The lowest BCUT2D eigenvalue weighted by Gasteiger charge is -2.36. The zero-order chi connectivity index (χ0) is 18.6. The van der Waals surface area contributed by atoms with E-state index in [9.17, 15) is 0 Å². The number of aromatic nitrogens is 2. The first-order valence-electron chi connectivity index (χ1n) is 9.30. The van der Waals surface area contributed by atoms with E-state index in [0.29, 0.717) is 5.88 Å². The molecule has 0 radical (unpaired) electrons. The third-order valence-corrected chi connectivity index (χ3v) is 4.84. The Morgan fingerprint density at radius 2 is 1.52 bits per heavy atom. The first-order valence-corrected chi connectivity index (χ1v) is 9.30. The molecule has 2 heterocycles. The van der Waals surface area contributed by atoms with Gasteiger partial charge in [-0.3, -0.25) is 0 Å². The van der Waals surface area contributed by atoms with Crippen LogP contribution >= 0.6 is 0 Å². The molecule has 0 amide bonds. The number of nitrogens with zero attached hydrogens (tertiary/aromatic N) is 4. The van der Waals surface area contributed by atoms with Crippen molar-refractivity contribution in [3.63, 3.8) is 0 Å². The van der Waals surface area contributed by atoms with Crippen molar-refractivity contribution < 1.29 is 4.74 Å². The normalized spacial score (nSPS) is 14.3. The smallest absolute Gasteiger partial charge is 0.224 e. The molecule has 1 saturated heterocycles. The molecule has 0 spiro atoms. The van der Waals surface area contributed by atoms with Crippen LogP contribution in [-0.4, -0.2) is 36.1 Å². The van der Waals surface area contributed by atoms with E-state index >= 15 is 0 Å². The lowest BCUT2D eigenvalue weighted by molar-refractivity contribution is 0.460. The average Bonchev–Trinajstić information content (AvgIpc) is 2.69. The van der Waals surface area contributed by atoms with E-state index in [4.69, 9.17) is 4.74 Å². The van der Waals surface area contributed by atoms with E-state index in [0.717, 1.165) is 43.3 Å². The highest BCUT2D eigenvalue weighted by Gasteiger charge is 2.19. The lowest BCUT2D eigenvalue weighted by Crippen LogP contribution is -2.46. The fourth-order valence-electron chi connectivity index (χ4n) is 3.31. The van der Waals surface area contributed by atoms with E-state index < -0.39 is 0 Å². The summed E-state index contributed by atoms with van der Waals surface area (Å²) >= 11 is 0. The second-order valence-electron chi connectivity index (χ2n) is 6.94. The molecule has 2 aromatic carbocycles. The monoisotopic (exact) mass is 360 g/mol. The summed E-state index contributed by atoms with van der Waals surface area (Å²) in [5.41, 5.74) is 3.74. The van der Waals surface area contributed by atoms with Gasteiger partial charge >= 0.3 is 0 Å². The molecule has 138 valence electrons. The van der Waals surface area contributed by atoms with Crippen molar-refractivity contribution in [1.82, 2.24) is 9.97 Å². The Morgan fingerprint density at radius 3 is 2.26 bits per heavy atom. The predicted molar refractivity (Wildman–Crippen MR) is 109 cm³/mol. The Hall–Kier alpha value is -3.08. The lowest BCUT2D eigenvalue weighted by atomic mass is 10.2. The Balaban J connectivity index is 1.42. The van der Waals surface area contributed by atoms with E-state index in [1.165, 1.54) is 11.3 Å². The van der Waals surface area contributed by atoms with Crippen LogP contribution in [0.2, 0.25) is 0 Å². The van der Waals surface area contributed by atoms with Gasteiger partial charge in [-0.1, -0.05) is 29.8 Å². The van der Waals surface area contributed by atoms with Gasteiger partial charge in [-0.2, -0.15) is 0 Å². The summed E-state index contributed by atoms with van der Waals surface area (Å²) in [6.45, 7) is 7.96. The molecule has 1 aromatic heterocycles. The van der Waals surface area contributed by atoms with Gasteiger partial charge in [0.05, 0.1) is 0 Å². The summed E-state index contributed by atoms with van der Waals surface area (Å²) < 4.78 is 5.90. The average molecular weight is 360 g/mol. The van der Waals surface area contributed by atoms with Crippen LogP contribution in [0, 0.1) is 13.8 Å². The zero-order valence-electron chi connectivity index (χ0n) is 15.8. The van der Waals surface area contributed by atoms with Gasteiger partial charge in [0.2, 0.25) is 5.88 Å². The fraction of sp³-hybridized carbons (Fsp3) is 0.273. The summed E-state index contributed by atoms with van der Waals surface area (Å²) in [6, 6.07) is 18.6. The largest absolute Gasteiger partial charge is 0.439 e. The van der Waals surface area contributed by atoms with Crippen LogP contribution in [0.25, 0.3) is 0 Å². The van der Waals surface area contributed by atoms with Gasteiger partial charge in [0.25, 0.3) is 0 Å². The molecule has 5 heteroatoms. The molecular weight excluding hydrogens is 336 g/mol. The molecule has 4 rings (SSSR count). The SMILES string of the molecule is Cc1ccc(N2CCN(c3cc(Oc4cccc(C)c4)ncn3)CC2)cc1. The molecule has 5 nitrogen and oxygen atoms in total. The minimum absolute atomic E-state index is 0.576. The van der Waals surface area contributed by atoms with Crippen LogP contribution in [0.1, 0.15) is 11.1 Å². The van der Waals surface area contributed by atoms with Crippen LogP contribution in [0.3, 0.4) is 0 Å². The summed E-state index contributed by atoms with van der Waals surface area (Å²) in [7, 11) is 0. The summed E-state index contributed by atoms with van der Waals surface area (Å²) in [4.78, 5) is 13.4. The quantitative estimate of drug-likeness (QED) is 0.697. The first kappa shape index (κ1) is 17.3. The number of anilines is 2. The van der Waals surface area contributed by atoms with Crippen molar-refractivity contribution in [2.75, 3.05) is 36.0 Å². The number of aryl methyl sites for hydroxylation is 2. The molecule has 0 saturated carbocycles. The van der Waals surface area contributed by atoms with Crippen molar-refractivity contribution >= 4 is 11.5 Å². The summed E-state index contributed by atoms with van der Waals surface area (Å²) in [5, 5.41) is 0. The Kier molecular flexibility index (Phi) is 4.92. The number of piperazine rings is 1. The molecule has 0 unspecified atom stereocenters. The number of hydrogen-bond donors (Lipinski definition) is 0. The molecule has 3 aromatic rings. The van der Waals surface area contributed by atoms with E-state index in [-0.39, 0.29) is 0 Å². The number of hydrogen-bond acceptors (Lipinski definition) is 5. The molecule has 1 fully saturated rings. The maximum Gasteiger partial charge on any atom is 0.224 e. The fourth-order valence-corrected chi connectivity index (χ4v) is 3.31. The number of ether oxygens (including phenoxy) is 1. The third kappa shape index (κ3) is 4.19. The van der Waals surface area contributed by atoms with Gasteiger partial charge in [0, 0.05) is 37.9 Å². The Bertz CT molecular complexity index is 902. The number of rotatable bonds is 4. The van der Waals surface area contributed by atoms with Crippen molar-refractivity contribution in [2.24, 2.45) is 0 Å². The maximum atomic E-state index is 5.90. The highest BCUT2D eigenvalue weighted by atomic mass is 16.5. The van der Waals surface area contributed by atoms with Gasteiger partial charge in [0.15, 0.2) is 0 Å². The Morgan fingerprint density at radius 1 is 0.778 bits per heavy atom. The zero-order valence-corrected chi connectivity index (χ0v) is 15.8. The summed E-state index contributed by atoms with van der Waals surface area (Å²) in [5.74, 6) is 2.28. The molecule has 0 N–H and O–H groups in total. The predicted octanol–water partition coefficient (Wildman–Crippen LogP) is 4.21. The second kappa shape index (κ2) is 7.66. The van der Waals surface area contributed by atoms with Gasteiger partial charge in [-0.05, 0) is 43.7 Å². The molecule has 1 aliphatic rings. The van der Waals surface area contributed by atoms with Crippen LogP contribution in [0.4, 0.5) is 11.5 Å². The van der Waals surface area contributed by atoms with Crippen LogP contribution < -0.4 is 14.5 Å². The molecule has 27 heavy (non-hydrogen) atoms.